The van der Waals surface area contributed by atoms with Crippen LogP contribution >= 0.6 is 11.3 Å². The number of hydrogen-bond donors (Lipinski definition) is 0. The molecular formula is C20H24N4OS. The molecule has 1 aliphatic heterocycles. The summed E-state index contributed by atoms with van der Waals surface area (Å²) in [5, 5.41) is 1.29. The van der Waals surface area contributed by atoms with Crippen molar-refractivity contribution in [3.63, 3.8) is 0 Å². The van der Waals surface area contributed by atoms with Gasteiger partial charge in [-0.15, -0.1) is 11.3 Å². The first-order valence-corrected chi connectivity index (χ1v) is 10.5. The third-order valence-corrected chi connectivity index (χ3v) is 6.66. The normalized spacial score (nSPS) is 18.0. The predicted octanol–water partition coefficient (Wildman–Crippen LogP) is 4.08. The summed E-state index contributed by atoms with van der Waals surface area (Å²) >= 11 is 1.77. The maximum atomic E-state index is 5.51. The first kappa shape index (κ1) is 16.4. The van der Waals surface area contributed by atoms with Crippen LogP contribution in [0.1, 0.15) is 49.4 Å². The van der Waals surface area contributed by atoms with Crippen LogP contribution in [0.3, 0.4) is 0 Å². The van der Waals surface area contributed by atoms with Crippen molar-refractivity contribution < 1.29 is 4.74 Å². The molecule has 5 rings (SSSR count). The maximum Gasteiger partial charge on any atom is 0.150 e. The zero-order valence-electron chi connectivity index (χ0n) is 15.4. The Bertz CT molecular complexity index is 975. The Hall–Kier alpha value is -1.79. The van der Waals surface area contributed by atoms with E-state index in [1.807, 2.05) is 0 Å². The molecule has 2 aliphatic rings. The number of nitrogens with zero attached hydrogens (tertiary/aromatic N) is 4. The number of hydrogen-bond acceptors (Lipinski definition) is 6. The van der Waals surface area contributed by atoms with Crippen molar-refractivity contribution in [2.24, 2.45) is 0 Å². The number of pyridine rings is 1. The minimum absolute atomic E-state index is 0.460. The molecule has 0 atom stereocenters. The second-order valence-corrected chi connectivity index (χ2v) is 8.57. The van der Waals surface area contributed by atoms with Gasteiger partial charge in [-0.1, -0.05) is 13.8 Å². The third-order valence-electron chi connectivity index (χ3n) is 5.59. The molecule has 0 aromatic carbocycles. The van der Waals surface area contributed by atoms with Crippen molar-refractivity contribution >= 4 is 37.6 Å². The summed E-state index contributed by atoms with van der Waals surface area (Å²) in [6.45, 7) is 7.83. The van der Waals surface area contributed by atoms with E-state index in [-0.39, 0.29) is 0 Å². The van der Waals surface area contributed by atoms with E-state index in [9.17, 15) is 0 Å². The lowest BCUT2D eigenvalue weighted by molar-refractivity contribution is 0.122. The Morgan fingerprint density at radius 2 is 1.85 bits per heavy atom. The number of rotatable bonds is 2. The summed E-state index contributed by atoms with van der Waals surface area (Å²) in [5.41, 5.74) is 5.38. The van der Waals surface area contributed by atoms with Gasteiger partial charge in [0.2, 0.25) is 0 Å². The highest BCUT2D eigenvalue weighted by Crippen LogP contribution is 2.42. The van der Waals surface area contributed by atoms with Gasteiger partial charge in [0.15, 0.2) is 0 Å². The molecule has 1 aliphatic carbocycles. The summed E-state index contributed by atoms with van der Waals surface area (Å²) in [5.74, 6) is 1.51. The molecule has 0 spiro atoms. The largest absolute Gasteiger partial charge is 0.378 e. The molecule has 0 amide bonds. The summed E-state index contributed by atoms with van der Waals surface area (Å²) in [6.07, 6.45) is 6.57. The fourth-order valence-corrected chi connectivity index (χ4v) is 5.54. The van der Waals surface area contributed by atoms with Crippen LogP contribution in [0.5, 0.6) is 0 Å². The second kappa shape index (κ2) is 6.43. The zero-order chi connectivity index (χ0) is 17.7. The molecule has 3 aromatic rings. The topological polar surface area (TPSA) is 51.1 Å². The van der Waals surface area contributed by atoms with Crippen LogP contribution in [-0.4, -0.2) is 41.3 Å². The van der Waals surface area contributed by atoms with Crippen LogP contribution in [0, 0.1) is 0 Å². The predicted molar refractivity (Wildman–Crippen MR) is 106 cm³/mol. The van der Waals surface area contributed by atoms with Crippen LogP contribution in [0.4, 0.5) is 5.82 Å². The quantitative estimate of drug-likeness (QED) is 0.682. The van der Waals surface area contributed by atoms with Gasteiger partial charge in [0.05, 0.1) is 23.4 Å². The highest BCUT2D eigenvalue weighted by molar-refractivity contribution is 7.26. The molecule has 3 aromatic heterocycles. The molecular weight excluding hydrogens is 344 g/mol. The van der Waals surface area contributed by atoms with Gasteiger partial charge in [-0.2, -0.15) is 0 Å². The monoisotopic (exact) mass is 368 g/mol. The Labute approximate surface area is 157 Å². The van der Waals surface area contributed by atoms with Crippen LogP contribution in [0.2, 0.25) is 0 Å². The van der Waals surface area contributed by atoms with E-state index in [2.05, 4.69) is 23.7 Å². The van der Waals surface area contributed by atoms with Gasteiger partial charge in [-0.25, -0.2) is 15.0 Å². The number of fused-ring (bicyclic) bond motifs is 5. The molecule has 0 radical (unpaired) electrons. The molecule has 0 unspecified atom stereocenters. The van der Waals surface area contributed by atoms with E-state index in [0.29, 0.717) is 5.92 Å². The van der Waals surface area contributed by atoms with E-state index in [1.54, 1.807) is 17.7 Å². The first-order chi connectivity index (χ1) is 12.7. The van der Waals surface area contributed by atoms with E-state index >= 15 is 0 Å². The zero-order valence-corrected chi connectivity index (χ0v) is 16.2. The SMILES string of the molecule is CC(C)c1nc2sc3c(N4CCOCC4)ncnc3c2c2c1CCCC2. The number of ether oxygens (including phenoxy) is 1. The average molecular weight is 369 g/mol. The Morgan fingerprint density at radius 3 is 2.62 bits per heavy atom. The van der Waals surface area contributed by atoms with E-state index in [1.165, 1.54) is 39.7 Å². The van der Waals surface area contributed by atoms with Crippen LogP contribution in [-0.2, 0) is 17.6 Å². The smallest absolute Gasteiger partial charge is 0.150 e. The lowest BCUT2D eigenvalue weighted by Crippen LogP contribution is -2.36. The summed E-state index contributed by atoms with van der Waals surface area (Å²) in [6, 6.07) is 0. The number of aromatic nitrogens is 3. The number of thiophene rings is 1. The first-order valence-electron chi connectivity index (χ1n) is 9.65. The highest BCUT2D eigenvalue weighted by atomic mass is 32.1. The molecule has 136 valence electrons. The van der Waals surface area contributed by atoms with Crippen molar-refractivity contribution in [1.82, 2.24) is 15.0 Å². The van der Waals surface area contributed by atoms with Crippen molar-refractivity contribution in [3.05, 3.63) is 23.1 Å². The standard InChI is InChI=1S/C20H24N4OS/c1-12(2)16-14-6-4-3-5-13(14)15-17-18(26-20(15)23-16)19(22-11-21-17)24-7-9-25-10-8-24/h11-12H,3-10H2,1-2H3. The van der Waals surface area contributed by atoms with Crippen molar-refractivity contribution in [2.75, 3.05) is 31.2 Å². The van der Waals surface area contributed by atoms with Crippen molar-refractivity contribution in [1.29, 1.82) is 0 Å². The van der Waals surface area contributed by atoms with Gasteiger partial charge in [-0.05, 0) is 42.7 Å². The highest BCUT2D eigenvalue weighted by Gasteiger charge is 2.25. The Morgan fingerprint density at radius 1 is 1.08 bits per heavy atom. The molecule has 0 N–H and O–H groups in total. The van der Waals surface area contributed by atoms with E-state index in [0.717, 1.165) is 55.3 Å². The van der Waals surface area contributed by atoms with Crippen molar-refractivity contribution in [3.8, 4) is 0 Å². The minimum Gasteiger partial charge on any atom is -0.378 e. The van der Waals surface area contributed by atoms with Gasteiger partial charge >= 0.3 is 0 Å². The Balaban J connectivity index is 1.79. The second-order valence-electron chi connectivity index (χ2n) is 7.57. The number of morpholine rings is 1. The Kier molecular flexibility index (Phi) is 4.05. The molecule has 1 saturated heterocycles. The van der Waals surface area contributed by atoms with Crippen molar-refractivity contribution in [2.45, 2.75) is 45.4 Å². The van der Waals surface area contributed by atoms with Crippen LogP contribution < -0.4 is 4.90 Å². The lowest BCUT2D eigenvalue weighted by atomic mass is 9.86. The summed E-state index contributed by atoms with van der Waals surface area (Å²) < 4.78 is 6.70. The molecule has 0 bridgehead atoms. The van der Waals surface area contributed by atoms with Gasteiger partial charge in [0.25, 0.3) is 0 Å². The molecule has 6 heteroatoms. The molecule has 26 heavy (non-hydrogen) atoms. The molecule has 4 heterocycles. The van der Waals surface area contributed by atoms with Crippen LogP contribution in [0.25, 0.3) is 20.4 Å². The molecule has 0 saturated carbocycles. The van der Waals surface area contributed by atoms with Gasteiger partial charge < -0.3 is 9.64 Å². The summed E-state index contributed by atoms with van der Waals surface area (Å²) in [7, 11) is 0. The fraction of sp³-hybridized carbons (Fsp3) is 0.550. The summed E-state index contributed by atoms with van der Waals surface area (Å²) in [4.78, 5) is 17.9. The van der Waals surface area contributed by atoms with E-state index < -0.39 is 0 Å². The van der Waals surface area contributed by atoms with Crippen LogP contribution in [0.15, 0.2) is 6.33 Å². The van der Waals surface area contributed by atoms with Gasteiger partial charge in [0.1, 0.15) is 17.0 Å². The van der Waals surface area contributed by atoms with E-state index in [4.69, 9.17) is 14.7 Å². The number of aryl methyl sites for hydroxylation is 1. The maximum absolute atomic E-state index is 5.51. The van der Waals surface area contributed by atoms with Gasteiger partial charge in [0, 0.05) is 24.2 Å². The van der Waals surface area contributed by atoms with Gasteiger partial charge in [-0.3, -0.25) is 0 Å². The number of anilines is 1. The molecule has 1 fully saturated rings. The average Bonchev–Trinajstić information content (AvgIpc) is 3.06. The minimum atomic E-state index is 0.460. The fourth-order valence-electron chi connectivity index (χ4n) is 4.35. The lowest BCUT2D eigenvalue weighted by Gasteiger charge is -2.27. The molecule has 5 nitrogen and oxygen atoms in total. The third kappa shape index (κ3) is 2.50.